The summed E-state index contributed by atoms with van der Waals surface area (Å²) in [5.74, 6) is 0.249. The van der Waals surface area contributed by atoms with Crippen molar-refractivity contribution in [1.29, 1.82) is 5.26 Å². The fourth-order valence-electron chi connectivity index (χ4n) is 1.68. The van der Waals surface area contributed by atoms with Crippen LogP contribution in [0.25, 0.3) is 11.3 Å². The van der Waals surface area contributed by atoms with Crippen LogP contribution in [-0.4, -0.2) is 9.97 Å². The van der Waals surface area contributed by atoms with Gasteiger partial charge in [0.25, 0.3) is 5.22 Å². The third-order valence-electron chi connectivity index (χ3n) is 2.64. The summed E-state index contributed by atoms with van der Waals surface area (Å²) in [6, 6.07) is 13.1. The molecule has 3 rings (SSSR count). The quantitative estimate of drug-likeness (QED) is 0.733. The molecule has 0 spiro atoms. The second-order valence-corrected chi connectivity index (χ2v) is 5.04. The van der Waals surface area contributed by atoms with Crippen LogP contribution in [0.3, 0.4) is 0 Å². The van der Waals surface area contributed by atoms with Crippen LogP contribution < -0.4 is 0 Å². The number of benzene rings is 1. The van der Waals surface area contributed by atoms with Crippen LogP contribution in [0.2, 0.25) is 0 Å². The molecule has 4 nitrogen and oxygen atoms in total. The van der Waals surface area contributed by atoms with Gasteiger partial charge in [0.2, 0.25) is 0 Å². The molecule has 0 aliphatic heterocycles. The van der Waals surface area contributed by atoms with E-state index < -0.39 is 0 Å². The van der Waals surface area contributed by atoms with Gasteiger partial charge in [0.05, 0.1) is 6.20 Å². The van der Waals surface area contributed by atoms with E-state index in [9.17, 15) is 4.39 Å². The van der Waals surface area contributed by atoms with Gasteiger partial charge in [0.1, 0.15) is 22.6 Å². The molecule has 0 N–H and O–H groups in total. The van der Waals surface area contributed by atoms with Gasteiger partial charge in [-0.3, -0.25) is 0 Å². The summed E-state index contributed by atoms with van der Waals surface area (Å²) in [6.45, 7) is 0. The maximum atomic E-state index is 12.9. The van der Waals surface area contributed by atoms with E-state index in [1.54, 1.807) is 36.5 Å². The number of rotatable bonds is 3. The lowest BCUT2D eigenvalue weighted by molar-refractivity contribution is 0.466. The Morgan fingerprint density at radius 2 is 1.95 bits per heavy atom. The first-order chi connectivity index (χ1) is 10.2. The lowest BCUT2D eigenvalue weighted by Gasteiger charge is -1.97. The number of halogens is 1. The Hall–Kier alpha value is -2.65. The normalized spacial score (nSPS) is 10.3. The van der Waals surface area contributed by atoms with E-state index in [1.165, 1.54) is 23.9 Å². The molecule has 0 radical (unpaired) electrons. The molecule has 0 unspecified atom stereocenters. The van der Waals surface area contributed by atoms with E-state index in [4.69, 9.17) is 9.68 Å². The number of nitriles is 1. The van der Waals surface area contributed by atoms with Gasteiger partial charge in [-0.25, -0.2) is 14.4 Å². The van der Waals surface area contributed by atoms with E-state index in [0.717, 1.165) is 5.56 Å². The Morgan fingerprint density at radius 1 is 1.14 bits per heavy atom. The van der Waals surface area contributed by atoms with Gasteiger partial charge in [0.15, 0.2) is 5.76 Å². The van der Waals surface area contributed by atoms with E-state index in [-0.39, 0.29) is 5.82 Å². The van der Waals surface area contributed by atoms with Gasteiger partial charge in [-0.05, 0) is 48.2 Å². The lowest BCUT2D eigenvalue weighted by Crippen LogP contribution is -1.84. The molecular weight excluding hydrogens is 289 g/mol. The first-order valence-corrected chi connectivity index (χ1v) is 6.83. The number of nitrogens with zero attached hydrogens (tertiary/aromatic N) is 3. The van der Waals surface area contributed by atoms with Gasteiger partial charge in [-0.1, -0.05) is 6.07 Å². The van der Waals surface area contributed by atoms with Crippen LogP contribution in [0.4, 0.5) is 4.39 Å². The first-order valence-electron chi connectivity index (χ1n) is 6.01. The second kappa shape index (κ2) is 5.77. The summed E-state index contributed by atoms with van der Waals surface area (Å²) in [7, 11) is 0. The van der Waals surface area contributed by atoms with Crippen molar-refractivity contribution in [2.45, 2.75) is 10.2 Å². The molecule has 102 valence electrons. The number of hydrogen-bond donors (Lipinski definition) is 0. The largest absolute Gasteiger partial charge is 0.431 e. The minimum atomic E-state index is -0.301. The lowest BCUT2D eigenvalue weighted by atomic mass is 10.2. The van der Waals surface area contributed by atoms with Crippen molar-refractivity contribution in [1.82, 2.24) is 9.97 Å². The Labute approximate surface area is 124 Å². The van der Waals surface area contributed by atoms with Crippen molar-refractivity contribution in [3.63, 3.8) is 0 Å². The van der Waals surface area contributed by atoms with Crippen molar-refractivity contribution in [2.75, 3.05) is 0 Å². The van der Waals surface area contributed by atoms with Crippen LogP contribution in [0.15, 0.2) is 63.3 Å². The van der Waals surface area contributed by atoms with E-state index in [2.05, 4.69) is 9.97 Å². The molecule has 0 aliphatic carbocycles. The molecule has 1 aromatic carbocycles. The van der Waals surface area contributed by atoms with Gasteiger partial charge in [-0.15, -0.1) is 0 Å². The smallest absolute Gasteiger partial charge is 0.262 e. The van der Waals surface area contributed by atoms with Crippen molar-refractivity contribution in [3.8, 4) is 17.4 Å². The third-order valence-corrected chi connectivity index (χ3v) is 3.44. The minimum absolute atomic E-state index is 0.301. The topological polar surface area (TPSA) is 62.7 Å². The SMILES string of the molecule is N#Cc1cccc(Sc2ncc(-c3ccc(F)cc3)o2)n1. The highest BCUT2D eigenvalue weighted by molar-refractivity contribution is 7.99. The minimum Gasteiger partial charge on any atom is -0.431 e. The van der Waals surface area contributed by atoms with Crippen LogP contribution in [0, 0.1) is 17.1 Å². The molecule has 0 bridgehead atoms. The van der Waals surface area contributed by atoms with E-state index in [0.29, 0.717) is 21.7 Å². The van der Waals surface area contributed by atoms with Crippen LogP contribution in [0.5, 0.6) is 0 Å². The first kappa shape index (κ1) is 13.3. The van der Waals surface area contributed by atoms with Crippen LogP contribution >= 0.6 is 11.8 Å². The molecule has 2 aromatic heterocycles. The summed E-state index contributed by atoms with van der Waals surface area (Å²) in [5.41, 5.74) is 1.08. The summed E-state index contributed by atoms with van der Waals surface area (Å²) in [5, 5.41) is 9.85. The summed E-state index contributed by atoms with van der Waals surface area (Å²) >= 11 is 1.22. The van der Waals surface area contributed by atoms with E-state index >= 15 is 0 Å². The van der Waals surface area contributed by atoms with Crippen molar-refractivity contribution < 1.29 is 8.81 Å². The maximum absolute atomic E-state index is 12.9. The van der Waals surface area contributed by atoms with Gasteiger partial charge < -0.3 is 4.42 Å². The van der Waals surface area contributed by atoms with Crippen molar-refractivity contribution in [3.05, 3.63) is 60.2 Å². The molecule has 0 aliphatic rings. The number of hydrogen-bond acceptors (Lipinski definition) is 5. The zero-order valence-corrected chi connectivity index (χ0v) is 11.5. The van der Waals surface area contributed by atoms with Crippen molar-refractivity contribution >= 4 is 11.8 Å². The van der Waals surface area contributed by atoms with Gasteiger partial charge in [0, 0.05) is 5.56 Å². The predicted molar refractivity (Wildman–Crippen MR) is 75.0 cm³/mol. The monoisotopic (exact) mass is 297 g/mol. The Kier molecular flexibility index (Phi) is 3.67. The fourth-order valence-corrected chi connectivity index (χ4v) is 2.38. The second-order valence-electron chi connectivity index (χ2n) is 4.07. The fraction of sp³-hybridized carbons (Fsp3) is 0. The standard InChI is InChI=1S/C15H8FN3OS/c16-11-6-4-10(5-7-11)13-9-18-15(20-13)21-14-3-1-2-12(8-17)19-14/h1-7,9H. The average molecular weight is 297 g/mol. The third kappa shape index (κ3) is 3.09. The maximum Gasteiger partial charge on any atom is 0.262 e. The molecule has 0 amide bonds. The molecule has 0 saturated carbocycles. The average Bonchev–Trinajstić information content (AvgIpc) is 2.96. The summed E-state index contributed by atoms with van der Waals surface area (Å²) in [4.78, 5) is 8.28. The molecular formula is C15H8FN3OS. The highest BCUT2D eigenvalue weighted by atomic mass is 32.2. The highest BCUT2D eigenvalue weighted by Gasteiger charge is 2.09. The molecule has 2 heterocycles. The molecule has 0 saturated heterocycles. The molecule has 0 atom stereocenters. The van der Waals surface area contributed by atoms with Crippen LogP contribution in [-0.2, 0) is 0 Å². The van der Waals surface area contributed by atoms with Crippen LogP contribution in [0.1, 0.15) is 5.69 Å². The highest BCUT2D eigenvalue weighted by Crippen LogP contribution is 2.29. The predicted octanol–water partition coefficient (Wildman–Crippen LogP) is 3.90. The number of aromatic nitrogens is 2. The Morgan fingerprint density at radius 3 is 2.71 bits per heavy atom. The summed E-state index contributed by atoms with van der Waals surface area (Å²) < 4.78 is 18.5. The Balaban J connectivity index is 1.82. The molecule has 0 fully saturated rings. The zero-order chi connectivity index (χ0) is 14.7. The zero-order valence-electron chi connectivity index (χ0n) is 10.7. The van der Waals surface area contributed by atoms with Gasteiger partial charge >= 0.3 is 0 Å². The molecule has 21 heavy (non-hydrogen) atoms. The number of pyridine rings is 1. The van der Waals surface area contributed by atoms with E-state index in [1.807, 2.05) is 6.07 Å². The molecule has 3 aromatic rings. The molecule has 6 heteroatoms. The van der Waals surface area contributed by atoms with Gasteiger partial charge in [-0.2, -0.15) is 5.26 Å². The number of oxazole rings is 1. The Bertz CT molecular complexity index is 808. The summed E-state index contributed by atoms with van der Waals surface area (Å²) in [6.07, 6.45) is 1.57. The van der Waals surface area contributed by atoms with Crippen molar-refractivity contribution in [2.24, 2.45) is 0 Å².